The highest BCUT2D eigenvalue weighted by Crippen LogP contribution is 2.19. The van der Waals surface area contributed by atoms with Crippen molar-refractivity contribution in [3.8, 4) is 6.07 Å². The van der Waals surface area contributed by atoms with E-state index in [1.807, 2.05) is 6.07 Å². The molecular formula is C8H4N4OS. The first-order valence-corrected chi connectivity index (χ1v) is 4.40. The van der Waals surface area contributed by atoms with E-state index in [9.17, 15) is 4.79 Å². The summed E-state index contributed by atoms with van der Waals surface area (Å²) in [6.07, 6.45) is 1.02. The molecule has 1 aromatic heterocycles. The molecule has 0 saturated heterocycles. The number of hydrogen-bond acceptors (Lipinski definition) is 3. The van der Waals surface area contributed by atoms with Crippen LogP contribution in [0.4, 0.5) is 0 Å². The van der Waals surface area contributed by atoms with Gasteiger partial charge in [0.05, 0.1) is 5.57 Å². The van der Waals surface area contributed by atoms with Crippen LogP contribution in [0.25, 0.3) is 16.0 Å². The van der Waals surface area contributed by atoms with Crippen molar-refractivity contribution in [2.45, 2.75) is 0 Å². The molecule has 0 aromatic carbocycles. The van der Waals surface area contributed by atoms with Crippen molar-refractivity contribution in [2.24, 2.45) is 5.11 Å². The molecule has 0 saturated carbocycles. The minimum Gasteiger partial charge on any atom is -0.288 e. The van der Waals surface area contributed by atoms with Gasteiger partial charge in [-0.05, 0) is 22.1 Å². The van der Waals surface area contributed by atoms with Crippen LogP contribution in [0, 0.1) is 11.3 Å². The van der Waals surface area contributed by atoms with Gasteiger partial charge in [-0.25, -0.2) is 0 Å². The number of azide groups is 1. The molecule has 0 spiro atoms. The third kappa shape index (κ3) is 2.45. The fourth-order valence-electron chi connectivity index (χ4n) is 0.787. The molecule has 1 heterocycles. The summed E-state index contributed by atoms with van der Waals surface area (Å²) in [5.74, 6) is -0.766. The van der Waals surface area contributed by atoms with Gasteiger partial charge in [0.2, 0.25) is 5.91 Å². The molecule has 1 rings (SSSR count). The van der Waals surface area contributed by atoms with Crippen molar-refractivity contribution in [3.05, 3.63) is 38.9 Å². The standard InChI is InChI=1S/C8H4N4OS/c9-5-6(4-8(13)11-12-10)7-2-1-3-14-7/h1-4H. The quantitative estimate of drug-likeness (QED) is 0.243. The molecule has 0 atom stereocenters. The Kier molecular flexibility index (Phi) is 3.44. The van der Waals surface area contributed by atoms with Crippen molar-refractivity contribution >= 4 is 22.8 Å². The molecule has 14 heavy (non-hydrogen) atoms. The number of allylic oxidation sites excluding steroid dienone is 1. The molecule has 1 amide bonds. The van der Waals surface area contributed by atoms with Gasteiger partial charge < -0.3 is 0 Å². The number of nitrogens with zero attached hydrogens (tertiary/aromatic N) is 4. The lowest BCUT2D eigenvalue weighted by atomic mass is 10.2. The highest BCUT2D eigenvalue weighted by molar-refractivity contribution is 7.11. The lowest BCUT2D eigenvalue weighted by molar-refractivity contribution is -0.113. The van der Waals surface area contributed by atoms with Crippen LogP contribution in [0.5, 0.6) is 0 Å². The first-order chi connectivity index (χ1) is 6.77. The smallest absolute Gasteiger partial charge is 0.243 e. The molecule has 0 aliphatic heterocycles. The number of thiophene rings is 1. The van der Waals surface area contributed by atoms with E-state index in [-0.39, 0.29) is 5.57 Å². The first-order valence-electron chi connectivity index (χ1n) is 3.52. The van der Waals surface area contributed by atoms with Crippen LogP contribution in [0.15, 0.2) is 28.7 Å². The SMILES string of the molecule is N#CC(=CC(=O)N=[N+]=[N-])c1cccs1. The fourth-order valence-corrected chi connectivity index (χ4v) is 1.48. The van der Waals surface area contributed by atoms with E-state index in [0.717, 1.165) is 6.08 Å². The first kappa shape index (κ1) is 9.99. The van der Waals surface area contributed by atoms with Crippen molar-refractivity contribution in [1.29, 1.82) is 5.26 Å². The van der Waals surface area contributed by atoms with E-state index < -0.39 is 5.91 Å². The Labute approximate surface area is 83.5 Å². The Balaban J connectivity index is 3.00. The number of carbonyl (C=O) groups is 1. The van der Waals surface area contributed by atoms with Crippen molar-refractivity contribution in [2.75, 3.05) is 0 Å². The zero-order valence-corrected chi connectivity index (χ0v) is 7.73. The van der Waals surface area contributed by atoms with E-state index in [2.05, 4.69) is 10.0 Å². The topological polar surface area (TPSA) is 89.6 Å². The fraction of sp³-hybridized carbons (Fsp3) is 0. The van der Waals surface area contributed by atoms with Crippen molar-refractivity contribution in [1.82, 2.24) is 0 Å². The second kappa shape index (κ2) is 4.82. The van der Waals surface area contributed by atoms with Crippen LogP contribution >= 0.6 is 11.3 Å². The van der Waals surface area contributed by atoms with Crippen LogP contribution < -0.4 is 0 Å². The van der Waals surface area contributed by atoms with E-state index in [0.29, 0.717) is 4.88 Å². The zero-order chi connectivity index (χ0) is 10.4. The predicted octanol–water partition coefficient (Wildman–Crippen LogP) is 2.49. The summed E-state index contributed by atoms with van der Waals surface area (Å²) in [6.45, 7) is 0. The van der Waals surface area contributed by atoms with Gasteiger partial charge in [-0.2, -0.15) is 5.26 Å². The van der Waals surface area contributed by atoms with Gasteiger partial charge in [-0.1, -0.05) is 6.07 Å². The molecule has 0 aliphatic rings. The van der Waals surface area contributed by atoms with Crippen LogP contribution in [0.2, 0.25) is 0 Å². The minimum atomic E-state index is -0.766. The van der Waals surface area contributed by atoms with Crippen molar-refractivity contribution < 1.29 is 4.79 Å². The summed E-state index contributed by atoms with van der Waals surface area (Å²) >= 11 is 1.34. The Morgan fingerprint density at radius 3 is 3.07 bits per heavy atom. The summed E-state index contributed by atoms with van der Waals surface area (Å²) in [7, 11) is 0. The third-order valence-corrected chi connectivity index (χ3v) is 2.22. The Hall–Kier alpha value is -2.09. The lowest BCUT2D eigenvalue weighted by Gasteiger charge is -1.89. The number of amides is 1. The Morgan fingerprint density at radius 1 is 1.79 bits per heavy atom. The van der Waals surface area contributed by atoms with E-state index in [1.54, 1.807) is 17.5 Å². The van der Waals surface area contributed by atoms with Crippen molar-refractivity contribution in [3.63, 3.8) is 0 Å². The Bertz CT molecular complexity index is 448. The molecule has 1 aromatic rings. The average Bonchev–Trinajstić information content (AvgIpc) is 2.67. The second-order valence-corrected chi connectivity index (χ2v) is 3.12. The lowest BCUT2D eigenvalue weighted by Crippen LogP contribution is -1.86. The van der Waals surface area contributed by atoms with Gasteiger partial charge in [0.1, 0.15) is 6.07 Å². The maximum Gasteiger partial charge on any atom is 0.243 e. The normalized spacial score (nSPS) is 10.1. The van der Waals surface area contributed by atoms with Crippen LogP contribution in [-0.2, 0) is 4.79 Å². The molecule has 5 nitrogen and oxygen atoms in total. The molecule has 0 unspecified atom stereocenters. The molecule has 6 heteroatoms. The molecule has 0 aliphatic carbocycles. The molecular weight excluding hydrogens is 200 g/mol. The van der Waals surface area contributed by atoms with Gasteiger partial charge in [0, 0.05) is 15.9 Å². The van der Waals surface area contributed by atoms with Crippen LogP contribution in [0.1, 0.15) is 4.88 Å². The summed E-state index contributed by atoms with van der Waals surface area (Å²) in [4.78, 5) is 13.9. The van der Waals surface area contributed by atoms with E-state index in [1.165, 1.54) is 11.3 Å². The maximum atomic E-state index is 10.9. The van der Waals surface area contributed by atoms with E-state index in [4.69, 9.17) is 10.8 Å². The summed E-state index contributed by atoms with van der Waals surface area (Å²) in [6, 6.07) is 5.34. The maximum absolute atomic E-state index is 10.9. The largest absolute Gasteiger partial charge is 0.288 e. The second-order valence-electron chi connectivity index (χ2n) is 2.17. The number of carbonyl (C=O) groups excluding carboxylic acids is 1. The Morgan fingerprint density at radius 2 is 2.57 bits per heavy atom. The highest BCUT2D eigenvalue weighted by atomic mass is 32.1. The number of rotatable bonds is 2. The third-order valence-electron chi connectivity index (χ3n) is 1.32. The molecule has 0 fully saturated rings. The summed E-state index contributed by atoms with van der Waals surface area (Å²) in [5, 5.41) is 13.3. The monoisotopic (exact) mass is 204 g/mol. The van der Waals surface area contributed by atoms with Crippen LogP contribution in [0.3, 0.4) is 0 Å². The van der Waals surface area contributed by atoms with E-state index >= 15 is 0 Å². The molecule has 0 radical (unpaired) electrons. The number of hydrogen-bond donors (Lipinski definition) is 0. The van der Waals surface area contributed by atoms with Gasteiger partial charge in [-0.3, -0.25) is 4.79 Å². The minimum absolute atomic E-state index is 0.206. The molecule has 0 bridgehead atoms. The zero-order valence-electron chi connectivity index (χ0n) is 6.91. The van der Waals surface area contributed by atoms with Gasteiger partial charge in [0.15, 0.2) is 0 Å². The molecule has 0 N–H and O–H groups in total. The van der Waals surface area contributed by atoms with Gasteiger partial charge >= 0.3 is 0 Å². The summed E-state index contributed by atoms with van der Waals surface area (Å²) < 4.78 is 0. The van der Waals surface area contributed by atoms with Gasteiger partial charge in [0.25, 0.3) is 0 Å². The van der Waals surface area contributed by atoms with Crippen LogP contribution in [-0.4, -0.2) is 5.91 Å². The van der Waals surface area contributed by atoms with Gasteiger partial charge in [-0.15, -0.1) is 11.3 Å². The average molecular weight is 204 g/mol. The predicted molar refractivity (Wildman–Crippen MR) is 52.1 cm³/mol. The molecule has 68 valence electrons. The highest BCUT2D eigenvalue weighted by Gasteiger charge is 2.03. The number of nitriles is 1. The summed E-state index contributed by atoms with van der Waals surface area (Å²) in [5.41, 5.74) is 8.19.